The average molecular weight is 322 g/mol. The van der Waals surface area contributed by atoms with Gasteiger partial charge in [-0.2, -0.15) is 0 Å². The first-order valence-electron chi connectivity index (χ1n) is 8.53. The molecular formula is C17H30N4O2. The lowest BCUT2D eigenvalue weighted by Crippen LogP contribution is -2.38. The van der Waals surface area contributed by atoms with E-state index in [1.165, 1.54) is 0 Å². The van der Waals surface area contributed by atoms with E-state index in [2.05, 4.69) is 16.5 Å². The van der Waals surface area contributed by atoms with E-state index < -0.39 is 5.60 Å². The maximum Gasteiger partial charge on any atom is 0.410 e. The van der Waals surface area contributed by atoms with Crippen LogP contribution in [0.1, 0.15) is 46.4 Å². The zero-order valence-electron chi connectivity index (χ0n) is 14.8. The van der Waals surface area contributed by atoms with Crippen LogP contribution in [0.5, 0.6) is 0 Å². The number of ether oxygens (including phenoxy) is 1. The Morgan fingerprint density at radius 3 is 2.91 bits per heavy atom. The molecule has 2 rings (SSSR count). The minimum atomic E-state index is -0.456. The first-order valence-corrected chi connectivity index (χ1v) is 8.53. The highest BCUT2D eigenvalue weighted by Crippen LogP contribution is 2.23. The minimum absolute atomic E-state index is 0.0143. The van der Waals surface area contributed by atoms with Crippen molar-refractivity contribution in [1.82, 2.24) is 14.5 Å². The summed E-state index contributed by atoms with van der Waals surface area (Å²) < 4.78 is 7.60. The van der Waals surface area contributed by atoms with Crippen LogP contribution in [0.3, 0.4) is 0 Å². The molecule has 0 radical (unpaired) electrons. The van der Waals surface area contributed by atoms with Crippen LogP contribution in [0.25, 0.3) is 0 Å². The number of nitrogens with two attached hydrogens (primary N) is 1. The molecule has 0 aliphatic carbocycles. The Kier molecular flexibility index (Phi) is 5.68. The lowest BCUT2D eigenvalue weighted by molar-refractivity contribution is 0.0286. The molecule has 6 nitrogen and oxygen atoms in total. The van der Waals surface area contributed by atoms with Crippen molar-refractivity contribution in [2.45, 2.75) is 65.1 Å². The van der Waals surface area contributed by atoms with Gasteiger partial charge in [-0.05, 0) is 39.5 Å². The molecule has 23 heavy (non-hydrogen) atoms. The number of imidazole rings is 1. The summed E-state index contributed by atoms with van der Waals surface area (Å²) in [6.45, 7) is 10.2. The Morgan fingerprint density at radius 1 is 1.52 bits per heavy atom. The van der Waals surface area contributed by atoms with Gasteiger partial charge in [0, 0.05) is 44.5 Å². The molecule has 0 spiro atoms. The molecule has 2 N–H and O–H groups in total. The van der Waals surface area contributed by atoms with Gasteiger partial charge >= 0.3 is 6.09 Å². The lowest BCUT2D eigenvalue weighted by Gasteiger charge is -2.25. The van der Waals surface area contributed by atoms with Crippen molar-refractivity contribution in [3.05, 3.63) is 18.2 Å². The number of rotatable bonds is 5. The van der Waals surface area contributed by atoms with Crippen molar-refractivity contribution in [2.75, 3.05) is 13.1 Å². The van der Waals surface area contributed by atoms with E-state index in [-0.39, 0.29) is 12.1 Å². The predicted molar refractivity (Wildman–Crippen MR) is 90.1 cm³/mol. The topological polar surface area (TPSA) is 73.4 Å². The highest BCUT2D eigenvalue weighted by Gasteiger charge is 2.33. The van der Waals surface area contributed by atoms with Gasteiger partial charge in [-0.3, -0.25) is 0 Å². The Morgan fingerprint density at radius 2 is 2.26 bits per heavy atom. The summed E-state index contributed by atoms with van der Waals surface area (Å²) in [6.07, 6.45) is 6.36. The first-order chi connectivity index (χ1) is 10.8. The van der Waals surface area contributed by atoms with Gasteiger partial charge in [0.1, 0.15) is 11.4 Å². The summed E-state index contributed by atoms with van der Waals surface area (Å²) in [7, 11) is 0. The molecule has 1 aliphatic heterocycles. The third kappa shape index (κ3) is 4.96. The van der Waals surface area contributed by atoms with Crippen LogP contribution < -0.4 is 5.73 Å². The van der Waals surface area contributed by atoms with Crippen LogP contribution in [-0.2, 0) is 17.7 Å². The van der Waals surface area contributed by atoms with Crippen molar-refractivity contribution in [2.24, 2.45) is 11.7 Å². The molecule has 1 aromatic rings. The summed E-state index contributed by atoms with van der Waals surface area (Å²) in [5.74, 6) is 1.34. The summed E-state index contributed by atoms with van der Waals surface area (Å²) in [4.78, 5) is 18.3. The van der Waals surface area contributed by atoms with Crippen LogP contribution in [0.4, 0.5) is 4.79 Å². The second-order valence-corrected chi connectivity index (χ2v) is 7.38. The molecule has 0 bridgehead atoms. The summed E-state index contributed by atoms with van der Waals surface area (Å²) >= 11 is 0. The van der Waals surface area contributed by atoms with Gasteiger partial charge in [-0.25, -0.2) is 9.78 Å². The van der Waals surface area contributed by atoms with E-state index in [0.717, 1.165) is 38.2 Å². The highest BCUT2D eigenvalue weighted by atomic mass is 16.6. The number of aryl methyl sites for hydroxylation is 1. The van der Waals surface area contributed by atoms with Crippen LogP contribution >= 0.6 is 0 Å². The monoisotopic (exact) mass is 322 g/mol. The summed E-state index contributed by atoms with van der Waals surface area (Å²) in [5, 5.41) is 0. The molecular weight excluding hydrogens is 292 g/mol. The SMILES string of the molecule is CCCn1ccnc1CC(N)C1CCN(C(=O)OC(C)(C)C)C1. The quantitative estimate of drug-likeness (QED) is 0.903. The number of nitrogens with zero attached hydrogens (tertiary/aromatic N) is 3. The second kappa shape index (κ2) is 7.34. The van der Waals surface area contributed by atoms with Gasteiger partial charge in [-0.15, -0.1) is 0 Å². The Labute approximate surface area is 139 Å². The molecule has 130 valence electrons. The van der Waals surface area contributed by atoms with Gasteiger partial charge < -0.3 is 19.9 Å². The lowest BCUT2D eigenvalue weighted by atomic mass is 9.97. The molecule has 2 atom stereocenters. The molecule has 1 aromatic heterocycles. The third-order valence-corrected chi connectivity index (χ3v) is 4.17. The summed E-state index contributed by atoms with van der Waals surface area (Å²) in [5.41, 5.74) is 5.94. The van der Waals surface area contributed by atoms with E-state index >= 15 is 0 Å². The molecule has 1 fully saturated rings. The first kappa shape index (κ1) is 17.8. The van der Waals surface area contributed by atoms with E-state index in [1.807, 2.05) is 33.2 Å². The molecule has 2 heterocycles. The van der Waals surface area contributed by atoms with Crippen molar-refractivity contribution in [3.63, 3.8) is 0 Å². The number of hydrogen-bond donors (Lipinski definition) is 1. The minimum Gasteiger partial charge on any atom is -0.444 e. The normalized spacial score (nSPS) is 19.9. The largest absolute Gasteiger partial charge is 0.444 e. The van der Waals surface area contributed by atoms with Crippen LogP contribution in [-0.4, -0.2) is 45.3 Å². The van der Waals surface area contributed by atoms with E-state index in [9.17, 15) is 4.79 Å². The van der Waals surface area contributed by atoms with Crippen molar-refractivity contribution in [3.8, 4) is 0 Å². The summed E-state index contributed by atoms with van der Waals surface area (Å²) in [6, 6.07) is 0.0143. The van der Waals surface area contributed by atoms with Gasteiger partial charge in [0.25, 0.3) is 0 Å². The number of likely N-dealkylation sites (tertiary alicyclic amines) is 1. The van der Waals surface area contributed by atoms with Crippen LogP contribution in [0, 0.1) is 5.92 Å². The Balaban J connectivity index is 1.88. The van der Waals surface area contributed by atoms with E-state index in [4.69, 9.17) is 10.5 Å². The maximum atomic E-state index is 12.1. The van der Waals surface area contributed by atoms with Crippen molar-refractivity contribution in [1.29, 1.82) is 0 Å². The number of hydrogen-bond acceptors (Lipinski definition) is 4. The molecule has 1 aliphatic rings. The van der Waals surface area contributed by atoms with E-state index in [0.29, 0.717) is 12.5 Å². The van der Waals surface area contributed by atoms with Crippen LogP contribution in [0.15, 0.2) is 12.4 Å². The van der Waals surface area contributed by atoms with Crippen molar-refractivity contribution < 1.29 is 9.53 Å². The Bertz CT molecular complexity index is 521. The highest BCUT2D eigenvalue weighted by molar-refractivity contribution is 5.68. The number of amides is 1. The molecule has 1 amide bonds. The molecule has 6 heteroatoms. The van der Waals surface area contributed by atoms with Crippen LogP contribution in [0.2, 0.25) is 0 Å². The fourth-order valence-electron chi connectivity index (χ4n) is 2.98. The number of carbonyl (C=O) groups is 1. The molecule has 1 saturated heterocycles. The van der Waals surface area contributed by atoms with Crippen molar-refractivity contribution >= 4 is 6.09 Å². The van der Waals surface area contributed by atoms with Gasteiger partial charge in [0.2, 0.25) is 0 Å². The van der Waals surface area contributed by atoms with Gasteiger partial charge in [0.05, 0.1) is 0 Å². The number of carbonyl (C=O) groups excluding carboxylic acids is 1. The predicted octanol–water partition coefficient (Wildman–Crippen LogP) is 2.42. The second-order valence-electron chi connectivity index (χ2n) is 7.38. The fourth-order valence-corrected chi connectivity index (χ4v) is 2.98. The smallest absolute Gasteiger partial charge is 0.410 e. The third-order valence-electron chi connectivity index (χ3n) is 4.17. The molecule has 0 saturated carbocycles. The van der Waals surface area contributed by atoms with Gasteiger partial charge in [-0.1, -0.05) is 6.92 Å². The maximum absolute atomic E-state index is 12.1. The number of aromatic nitrogens is 2. The zero-order chi connectivity index (χ0) is 17.0. The fraction of sp³-hybridized carbons (Fsp3) is 0.765. The average Bonchev–Trinajstić information content (AvgIpc) is 3.07. The standard InChI is InChI=1S/C17H30N4O2/c1-5-8-20-10-7-19-15(20)11-14(18)13-6-9-21(12-13)16(22)23-17(2,3)4/h7,10,13-14H,5-6,8-9,11-12,18H2,1-4H3. The van der Waals surface area contributed by atoms with Gasteiger partial charge in [0.15, 0.2) is 0 Å². The zero-order valence-corrected chi connectivity index (χ0v) is 14.8. The molecule has 0 aromatic carbocycles. The Hall–Kier alpha value is -1.56. The van der Waals surface area contributed by atoms with E-state index in [1.54, 1.807) is 4.90 Å². The molecule has 2 unspecified atom stereocenters.